The van der Waals surface area contributed by atoms with Crippen LogP contribution in [0.1, 0.15) is 46.4 Å². The summed E-state index contributed by atoms with van der Waals surface area (Å²) in [6.07, 6.45) is 2.89. The molecule has 0 saturated carbocycles. The number of hydrogen-bond donors (Lipinski definition) is 2. The van der Waals surface area contributed by atoms with Crippen molar-refractivity contribution in [3.05, 3.63) is 87.6 Å². The number of aromatic hydroxyl groups is 1. The molecule has 3 aromatic rings. The van der Waals surface area contributed by atoms with Crippen LogP contribution in [0.3, 0.4) is 0 Å². The number of ether oxygens (including phenoxy) is 1. The van der Waals surface area contributed by atoms with Crippen molar-refractivity contribution in [3.63, 3.8) is 0 Å². The summed E-state index contributed by atoms with van der Waals surface area (Å²) in [6.45, 7) is 5.10. The van der Waals surface area contributed by atoms with E-state index >= 15 is 0 Å². The van der Waals surface area contributed by atoms with Crippen molar-refractivity contribution in [2.24, 2.45) is 0 Å². The van der Waals surface area contributed by atoms with Gasteiger partial charge in [-0.2, -0.15) is 0 Å². The largest absolute Gasteiger partial charge is 0.504 e. The van der Waals surface area contributed by atoms with E-state index in [1.165, 1.54) is 30.0 Å². The molecule has 2 aromatic carbocycles. The summed E-state index contributed by atoms with van der Waals surface area (Å²) >= 11 is 1.01. The first kappa shape index (κ1) is 24.9. The SMILES string of the molecule is CCOc1cc(C2C(C(=O)/C=C/c3ccccc3)=C(O)C(=O)N2c2nc(C)c(C(C)=O)s2)ccc1O. The molecule has 1 unspecified atom stereocenters. The maximum atomic E-state index is 13.4. The standard InChI is InChI=1S/C27H24N2O6S/c1-4-35-21-14-18(11-13-19(21)31)23-22(20(32)12-10-17-8-6-5-7-9-17)24(33)26(34)29(23)27-28-15(2)25(36-27)16(3)30/h5-14,23,31,33H,4H2,1-3H3/b12-10+. The van der Waals surface area contributed by atoms with Gasteiger partial charge in [-0.1, -0.05) is 53.8 Å². The van der Waals surface area contributed by atoms with E-state index in [4.69, 9.17) is 4.74 Å². The molecule has 8 nitrogen and oxygen atoms in total. The van der Waals surface area contributed by atoms with Crippen LogP contribution in [0.25, 0.3) is 6.08 Å². The zero-order valence-corrected chi connectivity index (χ0v) is 20.7. The number of hydrogen-bond acceptors (Lipinski definition) is 8. The van der Waals surface area contributed by atoms with E-state index in [1.807, 2.05) is 30.3 Å². The molecule has 0 radical (unpaired) electrons. The van der Waals surface area contributed by atoms with Crippen molar-refractivity contribution in [1.82, 2.24) is 4.98 Å². The van der Waals surface area contributed by atoms with Gasteiger partial charge >= 0.3 is 0 Å². The van der Waals surface area contributed by atoms with Crippen molar-refractivity contribution in [1.29, 1.82) is 0 Å². The molecule has 1 atom stereocenters. The van der Waals surface area contributed by atoms with Gasteiger partial charge in [0.2, 0.25) is 0 Å². The van der Waals surface area contributed by atoms with Crippen molar-refractivity contribution >= 4 is 40.0 Å². The summed E-state index contributed by atoms with van der Waals surface area (Å²) in [6, 6.07) is 12.5. The van der Waals surface area contributed by atoms with Crippen LogP contribution >= 0.6 is 11.3 Å². The van der Waals surface area contributed by atoms with E-state index in [0.29, 0.717) is 16.1 Å². The van der Waals surface area contributed by atoms with Crippen LogP contribution in [0, 0.1) is 6.92 Å². The monoisotopic (exact) mass is 504 g/mol. The Kier molecular flexibility index (Phi) is 7.03. The fourth-order valence-corrected chi connectivity index (χ4v) is 4.97. The summed E-state index contributed by atoms with van der Waals surface area (Å²) < 4.78 is 5.50. The number of thiazole rings is 1. The van der Waals surface area contributed by atoms with Gasteiger partial charge in [-0.3, -0.25) is 19.3 Å². The number of rotatable bonds is 8. The molecule has 0 bridgehead atoms. The molecule has 2 heterocycles. The minimum Gasteiger partial charge on any atom is -0.504 e. The van der Waals surface area contributed by atoms with Gasteiger partial charge in [-0.15, -0.1) is 0 Å². The maximum Gasteiger partial charge on any atom is 0.296 e. The predicted octanol–water partition coefficient (Wildman–Crippen LogP) is 4.94. The second-order valence-electron chi connectivity index (χ2n) is 8.08. The Morgan fingerprint density at radius 3 is 2.53 bits per heavy atom. The van der Waals surface area contributed by atoms with Crippen molar-refractivity contribution in [2.75, 3.05) is 11.5 Å². The van der Waals surface area contributed by atoms with Crippen molar-refractivity contribution in [2.45, 2.75) is 26.8 Å². The summed E-state index contributed by atoms with van der Waals surface area (Å²) in [4.78, 5) is 44.7. The van der Waals surface area contributed by atoms with E-state index < -0.39 is 23.5 Å². The number of aromatic nitrogens is 1. The highest BCUT2D eigenvalue weighted by Gasteiger charge is 2.45. The number of aliphatic hydroxyl groups excluding tert-OH is 1. The van der Waals surface area contributed by atoms with Crippen LogP contribution in [-0.4, -0.2) is 39.3 Å². The molecule has 184 valence electrons. The molecular formula is C27H24N2O6S. The number of benzene rings is 2. The number of phenolic OH excluding ortho intramolecular Hbond substituents is 1. The van der Waals surface area contributed by atoms with Gasteiger partial charge in [0.25, 0.3) is 5.91 Å². The smallest absolute Gasteiger partial charge is 0.296 e. The third kappa shape index (κ3) is 4.65. The van der Waals surface area contributed by atoms with Gasteiger partial charge in [0.1, 0.15) is 0 Å². The van der Waals surface area contributed by atoms with Crippen molar-refractivity contribution in [3.8, 4) is 11.5 Å². The predicted molar refractivity (Wildman–Crippen MR) is 136 cm³/mol. The Hall–Kier alpha value is -4.24. The Balaban J connectivity index is 1.84. The van der Waals surface area contributed by atoms with Crippen LogP contribution in [0.4, 0.5) is 5.13 Å². The van der Waals surface area contributed by atoms with E-state index in [1.54, 1.807) is 26.0 Å². The molecule has 1 amide bonds. The Morgan fingerprint density at radius 1 is 1.17 bits per heavy atom. The zero-order chi connectivity index (χ0) is 26.0. The number of amides is 1. The molecule has 0 aliphatic carbocycles. The summed E-state index contributed by atoms with van der Waals surface area (Å²) in [5, 5.41) is 21.2. The number of ketones is 2. The van der Waals surface area contributed by atoms with E-state index in [0.717, 1.165) is 16.9 Å². The van der Waals surface area contributed by atoms with E-state index in [2.05, 4.69) is 4.98 Å². The number of allylic oxidation sites excluding steroid dienone is 1. The topological polar surface area (TPSA) is 117 Å². The van der Waals surface area contributed by atoms with Crippen LogP contribution in [0.5, 0.6) is 11.5 Å². The van der Waals surface area contributed by atoms with E-state index in [-0.39, 0.29) is 34.6 Å². The van der Waals surface area contributed by atoms with Gasteiger partial charge in [-0.25, -0.2) is 4.98 Å². The van der Waals surface area contributed by atoms with Gasteiger partial charge in [0.15, 0.2) is 34.0 Å². The number of aryl methyl sites for hydroxylation is 1. The molecule has 36 heavy (non-hydrogen) atoms. The zero-order valence-electron chi connectivity index (χ0n) is 19.9. The average Bonchev–Trinajstić information content (AvgIpc) is 3.37. The van der Waals surface area contributed by atoms with Crippen molar-refractivity contribution < 1.29 is 29.3 Å². The summed E-state index contributed by atoms with van der Waals surface area (Å²) in [7, 11) is 0. The Morgan fingerprint density at radius 2 is 1.89 bits per heavy atom. The first-order valence-corrected chi connectivity index (χ1v) is 12.0. The van der Waals surface area contributed by atoms with Crippen LogP contribution in [0.2, 0.25) is 0 Å². The molecule has 1 aliphatic heterocycles. The van der Waals surface area contributed by atoms with Gasteiger partial charge < -0.3 is 14.9 Å². The Labute approximate surface area is 211 Å². The lowest BCUT2D eigenvalue weighted by Gasteiger charge is -2.24. The molecule has 0 spiro atoms. The number of carbonyl (C=O) groups is 3. The minimum atomic E-state index is -1.06. The highest BCUT2D eigenvalue weighted by Crippen LogP contribution is 2.44. The van der Waals surface area contributed by atoms with Crippen LogP contribution in [0.15, 0.2) is 65.9 Å². The molecule has 9 heteroatoms. The molecule has 1 aromatic heterocycles. The third-order valence-electron chi connectivity index (χ3n) is 5.61. The first-order chi connectivity index (χ1) is 17.2. The minimum absolute atomic E-state index is 0.106. The van der Waals surface area contributed by atoms with Gasteiger partial charge in [-0.05, 0) is 43.2 Å². The van der Waals surface area contributed by atoms with E-state index in [9.17, 15) is 24.6 Å². The second-order valence-corrected chi connectivity index (χ2v) is 9.05. The Bertz CT molecular complexity index is 1410. The average molecular weight is 505 g/mol. The lowest BCUT2D eigenvalue weighted by Crippen LogP contribution is -2.30. The summed E-state index contributed by atoms with van der Waals surface area (Å²) in [5.41, 5.74) is 1.49. The number of Topliss-reactive ketones (excluding diaryl/α,β-unsaturated/α-hetero) is 1. The number of nitrogens with zero attached hydrogens (tertiary/aromatic N) is 2. The molecular weight excluding hydrogens is 480 g/mol. The molecule has 1 aliphatic rings. The molecule has 4 rings (SSSR count). The normalized spacial score (nSPS) is 15.7. The third-order valence-corrected chi connectivity index (χ3v) is 6.87. The number of phenols is 1. The fourth-order valence-electron chi connectivity index (χ4n) is 3.98. The second kappa shape index (κ2) is 10.2. The van der Waals surface area contributed by atoms with Gasteiger partial charge in [0.05, 0.1) is 28.8 Å². The molecule has 2 N–H and O–H groups in total. The maximum absolute atomic E-state index is 13.4. The van der Waals surface area contributed by atoms with Crippen LogP contribution in [-0.2, 0) is 9.59 Å². The van der Waals surface area contributed by atoms with Gasteiger partial charge in [0, 0.05) is 6.92 Å². The number of anilines is 1. The van der Waals surface area contributed by atoms with Crippen LogP contribution < -0.4 is 9.64 Å². The number of aliphatic hydroxyl groups is 1. The highest BCUT2D eigenvalue weighted by molar-refractivity contribution is 7.17. The lowest BCUT2D eigenvalue weighted by atomic mass is 9.95. The quantitative estimate of drug-likeness (QED) is 0.330. The molecule has 0 saturated heterocycles. The fraction of sp³-hybridized carbons (Fsp3) is 0.185. The summed E-state index contributed by atoms with van der Waals surface area (Å²) in [5.74, 6) is -2.23. The first-order valence-electron chi connectivity index (χ1n) is 11.2. The number of carbonyl (C=O) groups excluding carboxylic acids is 3. The lowest BCUT2D eigenvalue weighted by molar-refractivity contribution is -0.117. The highest BCUT2D eigenvalue weighted by atomic mass is 32.1. The molecule has 0 fully saturated rings.